The Labute approximate surface area is 177 Å². The van der Waals surface area contributed by atoms with E-state index in [1.165, 1.54) is 19.2 Å². The number of hydrogen-bond acceptors (Lipinski definition) is 6. The van der Waals surface area contributed by atoms with E-state index in [0.29, 0.717) is 26.3 Å². The highest BCUT2D eigenvalue weighted by molar-refractivity contribution is 7.89. The molecule has 1 heterocycles. The van der Waals surface area contributed by atoms with Crippen LogP contribution in [0.2, 0.25) is 0 Å². The zero-order chi connectivity index (χ0) is 21.7. The highest BCUT2D eigenvalue weighted by Gasteiger charge is 2.27. The molecule has 164 valence electrons. The summed E-state index contributed by atoms with van der Waals surface area (Å²) in [6.45, 7) is 2.73. The molecule has 9 heteroatoms. The number of benzene rings is 2. The van der Waals surface area contributed by atoms with E-state index in [1.54, 1.807) is 0 Å². The molecule has 0 aliphatic carbocycles. The Kier molecular flexibility index (Phi) is 7.30. The molecule has 0 radical (unpaired) electrons. The van der Waals surface area contributed by atoms with Crippen LogP contribution in [-0.2, 0) is 14.8 Å². The lowest BCUT2D eigenvalue weighted by Crippen LogP contribution is -2.43. The van der Waals surface area contributed by atoms with Gasteiger partial charge in [0, 0.05) is 45.5 Å². The number of methoxy groups -OCH3 is 1. The first-order valence-corrected chi connectivity index (χ1v) is 11.2. The summed E-state index contributed by atoms with van der Waals surface area (Å²) in [5.41, 5.74) is 2.06. The monoisotopic (exact) mass is 437 g/mol. The molecule has 1 atom stereocenters. The van der Waals surface area contributed by atoms with Crippen LogP contribution in [0.5, 0.6) is 5.75 Å². The van der Waals surface area contributed by atoms with Crippen molar-refractivity contribution in [1.82, 2.24) is 9.62 Å². The minimum Gasteiger partial charge on any atom is -0.495 e. The third kappa shape index (κ3) is 5.28. The molecule has 3 rings (SSSR count). The molecule has 7 nitrogen and oxygen atoms in total. The van der Waals surface area contributed by atoms with Gasteiger partial charge in [0.15, 0.2) is 0 Å². The van der Waals surface area contributed by atoms with Gasteiger partial charge in [0.25, 0.3) is 0 Å². The Morgan fingerprint density at radius 2 is 1.83 bits per heavy atom. The molecule has 1 saturated heterocycles. The molecule has 1 aliphatic rings. The number of anilines is 1. The van der Waals surface area contributed by atoms with Gasteiger partial charge in [0.2, 0.25) is 10.0 Å². The normalized spacial score (nSPS) is 16.3. The number of halogens is 1. The van der Waals surface area contributed by atoms with Gasteiger partial charge in [-0.05, 0) is 35.9 Å². The van der Waals surface area contributed by atoms with E-state index < -0.39 is 15.8 Å². The van der Waals surface area contributed by atoms with Crippen molar-refractivity contribution in [3.63, 3.8) is 0 Å². The lowest BCUT2D eigenvalue weighted by molar-refractivity contribution is 0.0172. The van der Waals surface area contributed by atoms with Crippen LogP contribution < -0.4 is 14.4 Å². The molecule has 0 spiro atoms. The molecule has 2 aromatic carbocycles. The second-order valence-electron chi connectivity index (χ2n) is 7.30. The summed E-state index contributed by atoms with van der Waals surface area (Å²) in [7, 11) is 1.32. The summed E-state index contributed by atoms with van der Waals surface area (Å²) >= 11 is 0. The topological polar surface area (TPSA) is 71.1 Å². The molecule has 0 amide bonds. The van der Waals surface area contributed by atoms with Gasteiger partial charge in [-0.1, -0.05) is 12.1 Å². The van der Waals surface area contributed by atoms with Crippen molar-refractivity contribution in [2.75, 3.05) is 59.0 Å². The molecule has 1 N–H and O–H groups in total. The smallest absolute Gasteiger partial charge is 0.244 e. The van der Waals surface area contributed by atoms with Crippen molar-refractivity contribution in [2.45, 2.75) is 10.9 Å². The Morgan fingerprint density at radius 3 is 2.43 bits per heavy atom. The van der Waals surface area contributed by atoms with E-state index >= 15 is 0 Å². The van der Waals surface area contributed by atoms with Crippen LogP contribution in [0, 0.1) is 5.82 Å². The fourth-order valence-corrected chi connectivity index (χ4v) is 4.69. The zero-order valence-corrected chi connectivity index (χ0v) is 18.3. The minimum atomic E-state index is -3.97. The van der Waals surface area contributed by atoms with Crippen molar-refractivity contribution in [1.29, 1.82) is 0 Å². The molecule has 0 bridgehead atoms. The van der Waals surface area contributed by atoms with Crippen LogP contribution in [0.25, 0.3) is 0 Å². The first-order valence-electron chi connectivity index (χ1n) is 9.74. The number of morpholine rings is 1. The van der Waals surface area contributed by atoms with Gasteiger partial charge < -0.3 is 14.4 Å². The number of sulfonamides is 1. The second kappa shape index (κ2) is 9.74. The molecule has 0 aromatic heterocycles. The van der Waals surface area contributed by atoms with Gasteiger partial charge in [-0.25, -0.2) is 17.5 Å². The van der Waals surface area contributed by atoms with Gasteiger partial charge in [-0.15, -0.1) is 0 Å². The maximum Gasteiger partial charge on any atom is 0.244 e. The summed E-state index contributed by atoms with van der Waals surface area (Å²) in [4.78, 5) is 3.99. The van der Waals surface area contributed by atoms with Crippen LogP contribution >= 0.6 is 0 Å². The Hall–Kier alpha value is -2.20. The maximum absolute atomic E-state index is 13.7. The molecular weight excluding hydrogens is 409 g/mol. The Balaban J connectivity index is 1.85. The largest absolute Gasteiger partial charge is 0.495 e. The van der Waals surface area contributed by atoms with Crippen LogP contribution in [0.3, 0.4) is 0 Å². The van der Waals surface area contributed by atoms with E-state index in [1.807, 2.05) is 43.3 Å². The van der Waals surface area contributed by atoms with Crippen molar-refractivity contribution in [3.8, 4) is 5.75 Å². The molecule has 0 saturated carbocycles. The van der Waals surface area contributed by atoms with Gasteiger partial charge in [-0.3, -0.25) is 4.90 Å². The molecule has 30 heavy (non-hydrogen) atoms. The maximum atomic E-state index is 13.7. The number of nitrogens with one attached hydrogen (secondary N) is 1. The average Bonchev–Trinajstić information content (AvgIpc) is 2.75. The molecule has 1 aliphatic heterocycles. The van der Waals surface area contributed by atoms with Crippen LogP contribution in [-0.4, -0.2) is 67.4 Å². The van der Waals surface area contributed by atoms with Crippen molar-refractivity contribution in [3.05, 3.63) is 53.8 Å². The fraction of sp³-hybridized carbons (Fsp3) is 0.429. The third-order valence-electron chi connectivity index (χ3n) is 5.16. The Morgan fingerprint density at radius 1 is 1.17 bits per heavy atom. The van der Waals surface area contributed by atoms with Gasteiger partial charge in [-0.2, -0.15) is 0 Å². The van der Waals surface area contributed by atoms with Crippen LogP contribution in [0.1, 0.15) is 11.6 Å². The standard InChI is InChI=1S/C21H28FN3O4S/c1-24(2)18-7-4-16(5-8-18)19(25-10-12-29-13-11-25)15-23-30(26,27)21-14-17(22)6-9-20(21)28-3/h4-9,14,19,23H,10-13,15H2,1-3H3. The highest BCUT2D eigenvalue weighted by atomic mass is 32.2. The van der Waals surface area contributed by atoms with E-state index in [0.717, 1.165) is 17.3 Å². The third-order valence-corrected chi connectivity index (χ3v) is 6.61. The second-order valence-corrected chi connectivity index (χ2v) is 9.03. The van der Waals surface area contributed by atoms with E-state index in [4.69, 9.17) is 9.47 Å². The molecular formula is C21H28FN3O4S. The van der Waals surface area contributed by atoms with E-state index in [-0.39, 0.29) is 23.2 Å². The van der Waals surface area contributed by atoms with Gasteiger partial charge in [0.1, 0.15) is 16.5 Å². The minimum absolute atomic E-state index is 0.0992. The summed E-state index contributed by atoms with van der Waals surface area (Å²) in [6, 6.07) is 11.3. The van der Waals surface area contributed by atoms with Crippen LogP contribution in [0.15, 0.2) is 47.4 Å². The summed E-state index contributed by atoms with van der Waals surface area (Å²) in [6.07, 6.45) is 0. The van der Waals surface area contributed by atoms with Gasteiger partial charge >= 0.3 is 0 Å². The van der Waals surface area contributed by atoms with E-state index in [9.17, 15) is 12.8 Å². The van der Waals surface area contributed by atoms with Crippen molar-refractivity contribution >= 4 is 15.7 Å². The number of nitrogens with zero attached hydrogens (tertiary/aromatic N) is 2. The number of rotatable bonds is 8. The predicted octanol–water partition coefficient (Wildman–Crippen LogP) is 2.25. The molecule has 2 aromatic rings. The Bertz CT molecular complexity index is 945. The van der Waals surface area contributed by atoms with Crippen molar-refractivity contribution < 1.29 is 22.3 Å². The lowest BCUT2D eigenvalue weighted by atomic mass is 10.0. The fourth-order valence-electron chi connectivity index (χ4n) is 3.47. The summed E-state index contributed by atoms with van der Waals surface area (Å²) < 4.78 is 52.7. The lowest BCUT2D eigenvalue weighted by Gasteiger charge is -2.35. The zero-order valence-electron chi connectivity index (χ0n) is 17.5. The summed E-state index contributed by atoms with van der Waals surface area (Å²) in [5.74, 6) is -0.540. The quantitative estimate of drug-likeness (QED) is 0.683. The van der Waals surface area contributed by atoms with Crippen molar-refractivity contribution in [2.24, 2.45) is 0 Å². The van der Waals surface area contributed by atoms with Crippen LogP contribution in [0.4, 0.5) is 10.1 Å². The predicted molar refractivity (Wildman–Crippen MR) is 114 cm³/mol. The highest BCUT2D eigenvalue weighted by Crippen LogP contribution is 2.27. The SMILES string of the molecule is COc1ccc(F)cc1S(=O)(=O)NCC(c1ccc(N(C)C)cc1)N1CCOCC1. The average molecular weight is 438 g/mol. The first kappa shape index (κ1) is 22.5. The number of hydrogen-bond donors (Lipinski definition) is 1. The molecule has 1 unspecified atom stereocenters. The van der Waals surface area contributed by atoms with E-state index in [2.05, 4.69) is 9.62 Å². The molecule has 1 fully saturated rings. The number of ether oxygens (including phenoxy) is 2. The van der Waals surface area contributed by atoms with Gasteiger partial charge in [0.05, 0.1) is 20.3 Å². The summed E-state index contributed by atoms with van der Waals surface area (Å²) in [5, 5.41) is 0. The first-order chi connectivity index (χ1) is 14.3.